The Bertz CT molecular complexity index is 1130. The molecule has 6 rings (SSSR count). The smallest absolute Gasteiger partial charge is 0.411 e. The van der Waals surface area contributed by atoms with E-state index in [0.717, 1.165) is 48.8 Å². The number of amides is 1. The van der Waals surface area contributed by atoms with Crippen LogP contribution in [0.15, 0.2) is 47.8 Å². The van der Waals surface area contributed by atoms with Gasteiger partial charge in [0.15, 0.2) is 0 Å². The van der Waals surface area contributed by atoms with Gasteiger partial charge in [0.25, 0.3) is 0 Å². The molecule has 0 radical (unpaired) electrons. The van der Waals surface area contributed by atoms with Gasteiger partial charge in [-0.05, 0) is 73.4 Å². The van der Waals surface area contributed by atoms with Crippen molar-refractivity contribution in [3.8, 4) is 10.6 Å². The zero-order valence-corrected chi connectivity index (χ0v) is 20.8. The van der Waals surface area contributed by atoms with E-state index in [1.54, 1.807) is 11.3 Å². The Kier molecular flexibility index (Phi) is 6.66. The minimum Gasteiger partial charge on any atom is -0.448 e. The number of hydrogen-bond acceptors (Lipinski definition) is 6. The van der Waals surface area contributed by atoms with Crippen molar-refractivity contribution in [2.75, 3.05) is 25.0 Å². The SMILES string of the molecule is Cc1nc(-c2cccs2)cc([C@H]2CN3CC[C@H]2C[C@@H]3COC(=O)Nc2ccc(C(C)C)cc2)n1. The van der Waals surface area contributed by atoms with Crippen molar-refractivity contribution in [2.24, 2.45) is 5.92 Å². The van der Waals surface area contributed by atoms with Crippen molar-refractivity contribution < 1.29 is 9.53 Å². The molecule has 1 N–H and O–H groups in total. The Morgan fingerprint density at radius 2 is 2.06 bits per heavy atom. The van der Waals surface area contributed by atoms with E-state index in [4.69, 9.17) is 9.72 Å². The fourth-order valence-electron chi connectivity index (χ4n) is 5.26. The molecular formula is C27H32N4O2S. The Labute approximate surface area is 205 Å². The molecule has 2 aromatic heterocycles. The molecule has 3 saturated heterocycles. The second-order valence-corrected chi connectivity index (χ2v) is 10.7. The van der Waals surface area contributed by atoms with E-state index in [1.807, 2.05) is 31.2 Å². The van der Waals surface area contributed by atoms with Gasteiger partial charge in [-0.25, -0.2) is 14.8 Å². The zero-order chi connectivity index (χ0) is 23.7. The van der Waals surface area contributed by atoms with Gasteiger partial charge in [-0.1, -0.05) is 32.0 Å². The summed E-state index contributed by atoms with van der Waals surface area (Å²) >= 11 is 1.71. The molecule has 34 heavy (non-hydrogen) atoms. The summed E-state index contributed by atoms with van der Waals surface area (Å²) in [6.45, 7) is 8.72. The van der Waals surface area contributed by atoms with Crippen molar-refractivity contribution in [2.45, 2.75) is 51.5 Å². The Morgan fingerprint density at radius 3 is 2.74 bits per heavy atom. The number of benzene rings is 1. The van der Waals surface area contributed by atoms with Crippen LogP contribution in [0.2, 0.25) is 0 Å². The lowest BCUT2D eigenvalue weighted by atomic mass is 9.74. The van der Waals surface area contributed by atoms with Gasteiger partial charge in [0.1, 0.15) is 12.4 Å². The number of aromatic nitrogens is 2. The van der Waals surface area contributed by atoms with Crippen molar-refractivity contribution >= 4 is 23.1 Å². The Morgan fingerprint density at radius 1 is 1.24 bits per heavy atom. The van der Waals surface area contributed by atoms with Crippen LogP contribution in [0.4, 0.5) is 10.5 Å². The van der Waals surface area contributed by atoms with Crippen LogP contribution < -0.4 is 5.32 Å². The highest BCUT2D eigenvalue weighted by molar-refractivity contribution is 7.13. The van der Waals surface area contributed by atoms with Crippen LogP contribution in [0.5, 0.6) is 0 Å². The normalized spacial score (nSPS) is 23.8. The molecule has 1 aromatic carbocycles. The molecule has 7 heteroatoms. The molecule has 1 amide bonds. The van der Waals surface area contributed by atoms with Crippen molar-refractivity contribution in [3.05, 3.63) is 64.9 Å². The van der Waals surface area contributed by atoms with E-state index in [9.17, 15) is 4.79 Å². The first kappa shape index (κ1) is 23.0. The highest BCUT2D eigenvalue weighted by atomic mass is 32.1. The predicted molar refractivity (Wildman–Crippen MR) is 136 cm³/mol. The lowest BCUT2D eigenvalue weighted by molar-refractivity contribution is -0.00151. The highest BCUT2D eigenvalue weighted by Crippen LogP contribution is 2.42. The van der Waals surface area contributed by atoms with E-state index < -0.39 is 0 Å². The second-order valence-electron chi connectivity index (χ2n) is 9.74. The van der Waals surface area contributed by atoms with E-state index in [-0.39, 0.29) is 12.1 Å². The third-order valence-corrected chi connectivity index (χ3v) is 8.01. The molecule has 1 unspecified atom stereocenters. The van der Waals surface area contributed by atoms with E-state index in [2.05, 4.69) is 52.6 Å². The first-order valence-corrected chi connectivity index (χ1v) is 13.0. The maximum atomic E-state index is 12.4. The number of ether oxygens (including phenoxy) is 1. The molecule has 5 heterocycles. The van der Waals surface area contributed by atoms with Gasteiger partial charge in [-0.2, -0.15) is 0 Å². The van der Waals surface area contributed by atoms with Crippen LogP contribution in [0.25, 0.3) is 10.6 Å². The van der Waals surface area contributed by atoms with Gasteiger partial charge < -0.3 is 4.74 Å². The molecule has 3 fully saturated rings. The number of aryl methyl sites for hydroxylation is 1. The number of hydrogen-bond donors (Lipinski definition) is 1. The Balaban J connectivity index is 1.19. The number of fused-ring (bicyclic) bond motifs is 3. The number of nitrogens with one attached hydrogen (secondary N) is 1. The predicted octanol–water partition coefficient (Wildman–Crippen LogP) is 6.06. The molecule has 3 aromatic rings. The van der Waals surface area contributed by atoms with Gasteiger partial charge >= 0.3 is 6.09 Å². The van der Waals surface area contributed by atoms with Crippen LogP contribution in [-0.2, 0) is 4.74 Å². The number of carbonyl (C=O) groups excluding carboxylic acids is 1. The molecule has 0 saturated carbocycles. The average Bonchev–Trinajstić information content (AvgIpc) is 3.38. The minimum atomic E-state index is -0.386. The largest absolute Gasteiger partial charge is 0.448 e. The Hall–Kier alpha value is -2.77. The molecule has 3 aliphatic heterocycles. The monoisotopic (exact) mass is 476 g/mol. The molecule has 4 atom stereocenters. The number of carbonyl (C=O) groups is 1. The summed E-state index contributed by atoms with van der Waals surface area (Å²) in [4.78, 5) is 25.5. The van der Waals surface area contributed by atoms with Gasteiger partial charge in [0, 0.05) is 29.9 Å². The maximum absolute atomic E-state index is 12.4. The summed E-state index contributed by atoms with van der Waals surface area (Å²) in [6.07, 6.45) is 1.80. The third-order valence-electron chi connectivity index (χ3n) is 7.12. The molecule has 0 spiro atoms. The number of rotatable bonds is 6. The molecule has 6 nitrogen and oxygen atoms in total. The first-order chi connectivity index (χ1) is 16.5. The van der Waals surface area contributed by atoms with Gasteiger partial charge in [-0.15, -0.1) is 11.3 Å². The summed E-state index contributed by atoms with van der Waals surface area (Å²) in [6, 6.07) is 14.6. The summed E-state index contributed by atoms with van der Waals surface area (Å²) in [7, 11) is 0. The lowest BCUT2D eigenvalue weighted by Crippen LogP contribution is -2.54. The zero-order valence-electron chi connectivity index (χ0n) is 20.0. The second kappa shape index (κ2) is 9.84. The van der Waals surface area contributed by atoms with Crippen LogP contribution in [0.3, 0.4) is 0 Å². The molecule has 2 bridgehead atoms. The lowest BCUT2D eigenvalue weighted by Gasteiger charge is -2.49. The van der Waals surface area contributed by atoms with Crippen LogP contribution in [0, 0.1) is 12.8 Å². The number of nitrogens with zero attached hydrogens (tertiary/aromatic N) is 3. The fourth-order valence-corrected chi connectivity index (χ4v) is 5.94. The quantitative estimate of drug-likeness (QED) is 0.468. The first-order valence-electron chi connectivity index (χ1n) is 12.1. The maximum Gasteiger partial charge on any atom is 0.411 e. The van der Waals surface area contributed by atoms with E-state index in [0.29, 0.717) is 24.4 Å². The van der Waals surface area contributed by atoms with Gasteiger partial charge in [-0.3, -0.25) is 10.2 Å². The van der Waals surface area contributed by atoms with Gasteiger partial charge in [0.2, 0.25) is 0 Å². The average molecular weight is 477 g/mol. The fraction of sp³-hybridized carbons (Fsp3) is 0.444. The van der Waals surface area contributed by atoms with Crippen LogP contribution >= 0.6 is 11.3 Å². The highest BCUT2D eigenvalue weighted by Gasteiger charge is 2.42. The van der Waals surface area contributed by atoms with Crippen LogP contribution in [-0.4, -0.2) is 46.7 Å². The summed E-state index contributed by atoms with van der Waals surface area (Å²) in [5.41, 5.74) is 4.18. The van der Waals surface area contributed by atoms with E-state index >= 15 is 0 Å². The number of thiophene rings is 1. The summed E-state index contributed by atoms with van der Waals surface area (Å²) < 4.78 is 5.63. The number of piperidine rings is 3. The summed E-state index contributed by atoms with van der Waals surface area (Å²) in [5, 5.41) is 4.94. The minimum absolute atomic E-state index is 0.267. The molecule has 0 aliphatic carbocycles. The van der Waals surface area contributed by atoms with Crippen LogP contribution in [0.1, 0.15) is 55.6 Å². The summed E-state index contributed by atoms with van der Waals surface area (Å²) in [5.74, 6) is 2.25. The van der Waals surface area contributed by atoms with Crippen molar-refractivity contribution in [3.63, 3.8) is 0 Å². The van der Waals surface area contributed by atoms with Crippen molar-refractivity contribution in [1.82, 2.24) is 14.9 Å². The van der Waals surface area contributed by atoms with Gasteiger partial charge in [0.05, 0.1) is 10.6 Å². The van der Waals surface area contributed by atoms with Crippen molar-refractivity contribution in [1.29, 1.82) is 0 Å². The molecule has 3 aliphatic rings. The molecule has 178 valence electrons. The molecular weight excluding hydrogens is 444 g/mol. The topological polar surface area (TPSA) is 67.4 Å². The third kappa shape index (κ3) is 5.00. The van der Waals surface area contributed by atoms with E-state index in [1.165, 1.54) is 10.4 Å². The standard InChI is InChI=1S/C27H32N4O2S/c1-17(2)19-6-8-21(9-7-19)30-27(32)33-16-22-13-20-10-11-31(22)15-23(20)24-14-25(29-18(3)28-24)26-5-4-12-34-26/h4-9,12,14,17,20,22-23H,10-11,13,15-16H2,1-3H3,(H,30,32)/t20-,22+,23-/m0/s1. The number of anilines is 1.